The first-order valence-electron chi connectivity index (χ1n) is 3.56. The molecule has 0 amide bonds. The molecule has 0 aliphatic carbocycles. The van der Waals surface area contributed by atoms with Crippen LogP contribution in [-0.2, 0) is 0 Å². The van der Waals surface area contributed by atoms with Gasteiger partial charge in [0.25, 0.3) is 5.56 Å². The Hall–Kier alpha value is -0.840. The second-order valence-electron chi connectivity index (χ2n) is 2.51. The fourth-order valence-electron chi connectivity index (χ4n) is 1.15. The molecule has 2 rings (SSSR count). The number of fused-ring (bicyclic) bond motifs is 1. The maximum Gasteiger partial charge on any atom is 0.259 e. The van der Waals surface area contributed by atoms with Crippen LogP contribution in [-0.4, -0.2) is 2.78 Å². The minimum atomic E-state index is 0.0225. The van der Waals surface area contributed by atoms with Crippen LogP contribution in [0.4, 0.5) is 0 Å². The van der Waals surface area contributed by atoms with E-state index in [1.807, 2.05) is 53.2 Å². The smallest absolute Gasteiger partial charge is 0.259 e. The Morgan fingerprint density at radius 1 is 1.08 bits per heavy atom. The Balaban J connectivity index is 3.01. The molecule has 0 bridgehead atoms. The molecule has 60 valence electrons. The lowest BCUT2D eigenvalue weighted by Crippen LogP contribution is -2.09. The lowest BCUT2D eigenvalue weighted by atomic mass is 10.2. The zero-order valence-electron chi connectivity index (χ0n) is 6.20. The van der Waals surface area contributed by atoms with Gasteiger partial charge in [-0.25, -0.2) is 2.78 Å². The molecular weight excluding hydrogens is 265 g/mol. The number of hydrogen-bond donors (Lipinski definition) is 0. The van der Waals surface area contributed by atoms with Crippen LogP contribution in [0.1, 0.15) is 0 Å². The molecule has 0 spiro atoms. The molecule has 0 aliphatic heterocycles. The molecule has 0 atom stereocenters. The molecule has 0 saturated carbocycles. The third-order valence-electron chi connectivity index (χ3n) is 1.75. The topological polar surface area (TPSA) is 22.0 Å². The number of benzene rings is 1. The third-order valence-corrected chi connectivity index (χ3v) is 2.74. The first-order chi connectivity index (χ1) is 5.79. The fourth-order valence-corrected chi connectivity index (χ4v) is 1.75. The predicted octanol–water partition coefficient (Wildman–Crippen LogP) is 2.20. The van der Waals surface area contributed by atoms with Crippen LogP contribution in [0.2, 0.25) is 0 Å². The van der Waals surface area contributed by atoms with Crippen molar-refractivity contribution in [2.75, 3.05) is 0 Å². The van der Waals surface area contributed by atoms with Gasteiger partial charge in [-0.05, 0) is 17.5 Å². The van der Waals surface area contributed by atoms with Gasteiger partial charge in [0, 0.05) is 6.07 Å². The minimum Gasteiger partial charge on any atom is -0.269 e. The summed E-state index contributed by atoms with van der Waals surface area (Å²) in [6, 6.07) is 11.2. The highest BCUT2D eigenvalue weighted by Gasteiger charge is 1.96. The maximum atomic E-state index is 11.2. The summed E-state index contributed by atoms with van der Waals surface area (Å²) in [7, 11) is 0. The van der Waals surface area contributed by atoms with Crippen molar-refractivity contribution in [1.82, 2.24) is 2.78 Å². The highest BCUT2D eigenvalue weighted by Crippen LogP contribution is 2.12. The van der Waals surface area contributed by atoms with Gasteiger partial charge in [0.2, 0.25) is 0 Å². The van der Waals surface area contributed by atoms with Crippen LogP contribution in [0.15, 0.2) is 41.2 Å². The van der Waals surface area contributed by atoms with Gasteiger partial charge in [-0.15, -0.1) is 0 Å². The number of pyridine rings is 1. The van der Waals surface area contributed by atoms with Crippen LogP contribution in [0.3, 0.4) is 0 Å². The fraction of sp³-hybridized carbons (Fsp3) is 0. The first-order valence-corrected chi connectivity index (χ1v) is 4.52. The largest absolute Gasteiger partial charge is 0.269 e. The van der Waals surface area contributed by atoms with E-state index in [1.165, 1.54) is 0 Å². The Bertz CT molecular complexity index is 475. The number of aromatic nitrogens is 1. The van der Waals surface area contributed by atoms with Crippen molar-refractivity contribution >= 4 is 33.8 Å². The van der Waals surface area contributed by atoms with E-state index in [0.29, 0.717) is 0 Å². The van der Waals surface area contributed by atoms with Crippen LogP contribution in [0, 0.1) is 0 Å². The molecule has 1 heterocycles. The van der Waals surface area contributed by atoms with Crippen molar-refractivity contribution in [1.29, 1.82) is 0 Å². The monoisotopic (exact) mass is 271 g/mol. The van der Waals surface area contributed by atoms with Crippen molar-refractivity contribution in [3.05, 3.63) is 46.8 Å². The second kappa shape index (κ2) is 2.90. The SMILES string of the molecule is O=c1ccc2ccccc2n1I. The van der Waals surface area contributed by atoms with Gasteiger partial charge < -0.3 is 0 Å². The Morgan fingerprint density at radius 3 is 2.67 bits per heavy atom. The van der Waals surface area contributed by atoms with Crippen LogP contribution >= 0.6 is 22.9 Å². The third kappa shape index (κ3) is 1.14. The summed E-state index contributed by atoms with van der Waals surface area (Å²) in [4.78, 5) is 11.2. The Kier molecular flexibility index (Phi) is 1.88. The average Bonchev–Trinajstić information content (AvgIpc) is 2.12. The van der Waals surface area contributed by atoms with E-state index in [-0.39, 0.29) is 5.56 Å². The molecule has 12 heavy (non-hydrogen) atoms. The van der Waals surface area contributed by atoms with Gasteiger partial charge in [-0.1, -0.05) is 18.2 Å². The molecule has 1 aromatic carbocycles. The summed E-state index contributed by atoms with van der Waals surface area (Å²) < 4.78 is 1.62. The summed E-state index contributed by atoms with van der Waals surface area (Å²) in [6.45, 7) is 0. The minimum absolute atomic E-state index is 0.0225. The predicted molar refractivity (Wildman–Crippen MR) is 57.6 cm³/mol. The quantitative estimate of drug-likeness (QED) is 0.673. The van der Waals surface area contributed by atoms with E-state index < -0.39 is 0 Å². The first kappa shape index (κ1) is 7.79. The summed E-state index contributed by atoms with van der Waals surface area (Å²) in [5, 5.41) is 1.09. The van der Waals surface area contributed by atoms with Crippen molar-refractivity contribution < 1.29 is 0 Å². The standard InChI is InChI=1S/C9H6INO/c10-11-8-4-2-1-3-7(8)5-6-9(11)12/h1-6H. The lowest BCUT2D eigenvalue weighted by Gasteiger charge is -1.99. The van der Waals surface area contributed by atoms with E-state index in [2.05, 4.69) is 0 Å². The molecule has 3 heteroatoms. The van der Waals surface area contributed by atoms with Crippen molar-refractivity contribution in [3.63, 3.8) is 0 Å². The molecule has 1 aromatic heterocycles. The second-order valence-corrected chi connectivity index (χ2v) is 3.48. The van der Waals surface area contributed by atoms with Gasteiger partial charge >= 0.3 is 0 Å². The van der Waals surface area contributed by atoms with E-state index in [9.17, 15) is 4.79 Å². The number of para-hydroxylation sites is 1. The molecule has 0 aliphatic rings. The lowest BCUT2D eigenvalue weighted by molar-refractivity contribution is 1.27. The van der Waals surface area contributed by atoms with Crippen LogP contribution in [0.25, 0.3) is 10.9 Å². The summed E-state index contributed by atoms with van der Waals surface area (Å²) in [5.74, 6) is 0. The van der Waals surface area contributed by atoms with Crippen molar-refractivity contribution in [2.45, 2.75) is 0 Å². The molecule has 0 saturated heterocycles. The van der Waals surface area contributed by atoms with Gasteiger partial charge in [-0.3, -0.25) is 4.79 Å². The van der Waals surface area contributed by atoms with Crippen molar-refractivity contribution in [2.24, 2.45) is 0 Å². The summed E-state index contributed by atoms with van der Waals surface area (Å²) in [5.41, 5.74) is 0.986. The molecular formula is C9H6INO. The van der Waals surface area contributed by atoms with Gasteiger partial charge in [0.05, 0.1) is 28.4 Å². The number of halogens is 1. The van der Waals surface area contributed by atoms with E-state index in [4.69, 9.17) is 0 Å². The number of nitrogens with zero attached hydrogens (tertiary/aromatic N) is 1. The van der Waals surface area contributed by atoms with Gasteiger partial charge in [0.15, 0.2) is 0 Å². The molecule has 0 radical (unpaired) electrons. The number of hydrogen-bond acceptors (Lipinski definition) is 1. The summed E-state index contributed by atoms with van der Waals surface area (Å²) >= 11 is 2.01. The molecule has 0 N–H and O–H groups in total. The van der Waals surface area contributed by atoms with Crippen LogP contribution < -0.4 is 5.56 Å². The zero-order valence-corrected chi connectivity index (χ0v) is 8.36. The molecule has 0 fully saturated rings. The van der Waals surface area contributed by atoms with Gasteiger partial charge in [-0.2, -0.15) is 0 Å². The Labute approximate surface area is 83.3 Å². The van der Waals surface area contributed by atoms with Gasteiger partial charge in [0.1, 0.15) is 0 Å². The Morgan fingerprint density at radius 2 is 1.83 bits per heavy atom. The van der Waals surface area contributed by atoms with E-state index in [0.717, 1.165) is 10.9 Å². The molecule has 2 aromatic rings. The highest BCUT2D eigenvalue weighted by atomic mass is 127. The maximum absolute atomic E-state index is 11.2. The summed E-state index contributed by atoms with van der Waals surface area (Å²) in [6.07, 6.45) is 0. The number of rotatable bonds is 0. The normalized spacial score (nSPS) is 10.4. The molecule has 2 nitrogen and oxygen atoms in total. The van der Waals surface area contributed by atoms with Crippen LogP contribution in [0.5, 0.6) is 0 Å². The van der Waals surface area contributed by atoms with Crippen molar-refractivity contribution in [3.8, 4) is 0 Å². The molecule has 0 unspecified atom stereocenters. The zero-order chi connectivity index (χ0) is 8.55. The highest BCUT2D eigenvalue weighted by molar-refractivity contribution is 14.1. The van der Waals surface area contributed by atoms with E-state index >= 15 is 0 Å². The average molecular weight is 271 g/mol. The van der Waals surface area contributed by atoms with E-state index in [1.54, 1.807) is 8.85 Å².